The first-order valence-electron chi connectivity index (χ1n) is 26.4. The summed E-state index contributed by atoms with van der Waals surface area (Å²) in [6, 6.07) is 70.0. The van der Waals surface area contributed by atoms with Gasteiger partial charge in [-0.25, -0.2) is 0 Å². The number of hydrogen-bond acceptors (Lipinski definition) is 1. The highest BCUT2D eigenvalue weighted by atomic mass is 15.1. The Labute approximate surface area is 403 Å². The Morgan fingerprint density at radius 3 is 1.34 bits per heavy atom. The van der Waals surface area contributed by atoms with Crippen molar-refractivity contribution in [1.82, 2.24) is 0 Å². The fraction of sp³-hybridized carbons (Fsp3) is 0. The topological polar surface area (TPSA) is 3.24 Å². The lowest BCUT2D eigenvalue weighted by atomic mass is 9.89. The van der Waals surface area contributed by atoms with Crippen molar-refractivity contribution < 1.29 is 11.0 Å². The Morgan fingerprint density at radius 2 is 0.687 bits per heavy atom. The summed E-state index contributed by atoms with van der Waals surface area (Å²) in [5.41, 5.74) is 8.18. The number of anilines is 3. The second-order valence-corrected chi connectivity index (χ2v) is 16.6. The van der Waals surface area contributed by atoms with Gasteiger partial charge in [-0.05, 0) is 148 Å². The van der Waals surface area contributed by atoms with Gasteiger partial charge in [0.1, 0.15) is 0 Å². The van der Waals surface area contributed by atoms with Crippen LogP contribution in [-0.2, 0) is 0 Å². The highest BCUT2D eigenvalue weighted by molar-refractivity contribution is 6.08. The van der Waals surface area contributed by atoms with Crippen LogP contribution in [0.3, 0.4) is 0 Å². The molecule has 67 heavy (non-hydrogen) atoms. The van der Waals surface area contributed by atoms with Crippen molar-refractivity contribution in [3.05, 3.63) is 273 Å². The molecule has 12 aromatic carbocycles. The summed E-state index contributed by atoms with van der Waals surface area (Å²) in [6.45, 7) is 0. The molecule has 12 aromatic rings. The highest BCUT2D eigenvalue weighted by Gasteiger charge is 2.17. The van der Waals surface area contributed by atoms with Gasteiger partial charge in [0.25, 0.3) is 0 Å². The van der Waals surface area contributed by atoms with Crippen molar-refractivity contribution in [2.75, 3.05) is 4.90 Å². The molecule has 0 atom stereocenters. The summed E-state index contributed by atoms with van der Waals surface area (Å²) in [5, 5.41) is 6.12. The molecular weight excluding hydrogens is 807 g/mol. The van der Waals surface area contributed by atoms with Crippen LogP contribution in [0, 0.1) is 0 Å². The molecule has 0 N–H and O–H groups in total. The van der Waals surface area contributed by atoms with E-state index >= 15 is 0 Å². The van der Waals surface area contributed by atoms with E-state index in [-0.39, 0.29) is 46.7 Å². The highest BCUT2D eigenvalue weighted by Crippen LogP contribution is 2.43. The average molecular weight is 860 g/mol. The largest absolute Gasteiger partial charge is 0.311 e. The summed E-state index contributed by atoms with van der Waals surface area (Å²) < 4.78 is 78.7. The van der Waals surface area contributed by atoms with Crippen molar-refractivity contribution in [3.8, 4) is 66.8 Å². The zero-order chi connectivity index (χ0) is 51.5. The van der Waals surface area contributed by atoms with Crippen LogP contribution in [0.2, 0.25) is 0 Å². The SMILES string of the molecule is [2H]c1c([2H])c(N(c2ccc(-c3ccc4c(ccc5ccccc54)c3)cc2)c2c([2H])c([2H])c(-c3c(-c4ccccc4)ccc4ccccc34)c([2H])c2[2H])c([2H])c([2H])c1-c1ccc(-c2ccccc2)c(-c2ccccc2)c1. The normalized spacial score (nSPS) is 13.0. The number of rotatable bonds is 9. The molecule has 0 saturated carbocycles. The maximum atomic E-state index is 9.92. The maximum Gasteiger partial charge on any atom is 0.0645 e. The van der Waals surface area contributed by atoms with E-state index in [1.54, 1.807) is 12.1 Å². The Kier molecular flexibility index (Phi) is 8.26. The van der Waals surface area contributed by atoms with Crippen molar-refractivity contribution in [3.63, 3.8) is 0 Å². The van der Waals surface area contributed by atoms with E-state index in [9.17, 15) is 11.0 Å². The smallest absolute Gasteiger partial charge is 0.0645 e. The number of benzene rings is 12. The summed E-state index contributed by atoms with van der Waals surface area (Å²) in [7, 11) is 0. The molecule has 12 rings (SSSR count). The van der Waals surface area contributed by atoms with Crippen LogP contribution in [0.1, 0.15) is 11.0 Å². The van der Waals surface area contributed by atoms with Gasteiger partial charge in [0.05, 0.1) is 11.0 Å². The summed E-state index contributed by atoms with van der Waals surface area (Å²) in [5.74, 6) is 0. The third-order valence-corrected chi connectivity index (χ3v) is 12.6. The van der Waals surface area contributed by atoms with E-state index in [1.165, 1.54) is 4.90 Å². The Balaban J connectivity index is 1.06. The van der Waals surface area contributed by atoms with E-state index in [0.29, 0.717) is 16.8 Å². The molecule has 0 amide bonds. The van der Waals surface area contributed by atoms with Gasteiger partial charge in [0, 0.05) is 17.1 Å². The molecule has 0 radical (unpaired) electrons. The Hall–Kier alpha value is -8.78. The molecule has 314 valence electrons. The lowest BCUT2D eigenvalue weighted by Crippen LogP contribution is -2.09. The van der Waals surface area contributed by atoms with E-state index < -0.39 is 24.2 Å². The van der Waals surface area contributed by atoms with Crippen LogP contribution in [0.15, 0.2) is 273 Å². The minimum atomic E-state index is -0.411. The first-order chi connectivity index (χ1) is 36.6. The molecule has 0 aliphatic carbocycles. The number of hydrogen-bond donors (Lipinski definition) is 0. The molecule has 0 heterocycles. The van der Waals surface area contributed by atoms with Crippen LogP contribution >= 0.6 is 0 Å². The van der Waals surface area contributed by atoms with E-state index in [0.717, 1.165) is 76.8 Å². The molecule has 0 aliphatic rings. The van der Waals surface area contributed by atoms with Crippen molar-refractivity contribution in [1.29, 1.82) is 0 Å². The lowest BCUT2D eigenvalue weighted by molar-refractivity contribution is 1.28. The second kappa shape index (κ2) is 17.3. The van der Waals surface area contributed by atoms with E-state index in [1.807, 2.05) is 170 Å². The first kappa shape index (κ1) is 32.0. The standard InChI is InChI=1S/C66H45N/c1-4-14-48(15-5-1)61-41-34-55(45-65(61)50-18-8-3-9-19-50)47-28-37-58(38-29-47)67(57-35-26-46(27-36-57)54-33-42-62-56(44-54)25-24-51-20-10-12-22-60(51)62)59-39-30-53(31-40-59)66-63-23-13-11-21-52(63)32-43-64(66)49-16-6-2-7-17-49/h1-45H/i28D,29D,30D,31D,37D,38D,39D,40D. The summed E-state index contributed by atoms with van der Waals surface area (Å²) >= 11 is 0. The van der Waals surface area contributed by atoms with E-state index in [4.69, 9.17) is 0 Å². The average Bonchev–Trinajstić information content (AvgIpc) is 3.46. The Morgan fingerprint density at radius 1 is 0.239 bits per heavy atom. The minimum Gasteiger partial charge on any atom is -0.311 e. The monoisotopic (exact) mass is 859 g/mol. The van der Waals surface area contributed by atoms with Crippen LogP contribution < -0.4 is 4.90 Å². The fourth-order valence-electron chi connectivity index (χ4n) is 9.30. The van der Waals surface area contributed by atoms with Gasteiger partial charge >= 0.3 is 0 Å². The minimum absolute atomic E-state index is 0.0872. The van der Waals surface area contributed by atoms with Gasteiger partial charge < -0.3 is 4.90 Å². The molecule has 0 saturated heterocycles. The molecule has 0 unspecified atom stereocenters. The molecule has 0 aromatic heterocycles. The molecule has 0 bridgehead atoms. The van der Waals surface area contributed by atoms with Gasteiger partial charge in [-0.15, -0.1) is 0 Å². The fourth-order valence-corrected chi connectivity index (χ4v) is 9.30. The quantitative estimate of drug-likeness (QED) is 0.131. The Bertz CT molecular complexity index is 4140. The van der Waals surface area contributed by atoms with Gasteiger partial charge in [0.2, 0.25) is 0 Å². The number of fused-ring (bicyclic) bond motifs is 4. The second-order valence-electron chi connectivity index (χ2n) is 16.6. The summed E-state index contributed by atoms with van der Waals surface area (Å²) in [6.07, 6.45) is 0. The molecule has 1 nitrogen and oxygen atoms in total. The summed E-state index contributed by atoms with van der Waals surface area (Å²) in [4.78, 5) is 1.38. The predicted octanol–water partition coefficient (Wildman–Crippen LogP) is 18.6. The van der Waals surface area contributed by atoms with Crippen molar-refractivity contribution in [2.24, 2.45) is 0 Å². The van der Waals surface area contributed by atoms with Gasteiger partial charge in [-0.3, -0.25) is 0 Å². The molecular formula is C66H45N. The van der Waals surface area contributed by atoms with Gasteiger partial charge in [-0.2, -0.15) is 0 Å². The molecule has 0 fully saturated rings. The zero-order valence-electron chi connectivity index (χ0n) is 44.3. The zero-order valence-corrected chi connectivity index (χ0v) is 36.3. The van der Waals surface area contributed by atoms with Crippen molar-refractivity contribution in [2.45, 2.75) is 0 Å². The lowest BCUT2D eigenvalue weighted by Gasteiger charge is -2.26. The number of nitrogens with zero attached hydrogens (tertiary/aromatic N) is 1. The van der Waals surface area contributed by atoms with Gasteiger partial charge in [-0.1, -0.05) is 224 Å². The maximum absolute atomic E-state index is 9.92. The molecule has 1 heteroatoms. The van der Waals surface area contributed by atoms with Crippen LogP contribution in [-0.4, -0.2) is 0 Å². The molecule has 0 spiro atoms. The third kappa shape index (κ3) is 7.63. The third-order valence-electron chi connectivity index (χ3n) is 12.6. The predicted molar refractivity (Wildman–Crippen MR) is 286 cm³/mol. The van der Waals surface area contributed by atoms with Crippen LogP contribution in [0.5, 0.6) is 0 Å². The van der Waals surface area contributed by atoms with Crippen molar-refractivity contribution >= 4 is 49.4 Å². The van der Waals surface area contributed by atoms with Gasteiger partial charge in [0.15, 0.2) is 0 Å². The first-order valence-corrected chi connectivity index (χ1v) is 22.4. The molecule has 0 aliphatic heterocycles. The van der Waals surface area contributed by atoms with E-state index in [2.05, 4.69) is 42.5 Å². The van der Waals surface area contributed by atoms with Crippen LogP contribution in [0.25, 0.3) is 99.1 Å². The van der Waals surface area contributed by atoms with Crippen LogP contribution in [0.4, 0.5) is 17.1 Å².